The first kappa shape index (κ1) is 36.9. The topological polar surface area (TPSA) is 113 Å². The van der Waals surface area contributed by atoms with E-state index in [4.69, 9.17) is 0 Å². The minimum absolute atomic E-state index is 0. The first-order valence-corrected chi connectivity index (χ1v) is 16.5. The van der Waals surface area contributed by atoms with Gasteiger partial charge in [0.15, 0.2) is 15.6 Å². The molecule has 1 unspecified atom stereocenters. The molecule has 3 atom stereocenters. The SMILES string of the molecule is CS(=O)(=O)c1ccc(CN2CCC3(CCN(C(C(=O)c4cncnc4)[C@@H]4CNC[C@@H]4c4ccccc4)CC3)C2=O)cc1.Cl.Cl.Cl. The molecule has 9 nitrogen and oxygen atoms in total. The van der Waals surface area contributed by atoms with E-state index in [-0.39, 0.29) is 71.7 Å². The summed E-state index contributed by atoms with van der Waals surface area (Å²) >= 11 is 0. The number of sulfone groups is 1. The van der Waals surface area contributed by atoms with Crippen molar-refractivity contribution in [2.24, 2.45) is 11.3 Å². The molecule has 4 heterocycles. The van der Waals surface area contributed by atoms with Crippen LogP contribution in [0.5, 0.6) is 0 Å². The molecule has 1 spiro atoms. The molecule has 3 fully saturated rings. The predicted octanol–water partition coefficient (Wildman–Crippen LogP) is 4.21. The van der Waals surface area contributed by atoms with Gasteiger partial charge in [0, 0.05) is 56.7 Å². The van der Waals surface area contributed by atoms with Crippen molar-refractivity contribution < 1.29 is 18.0 Å². The third-order valence-corrected chi connectivity index (χ3v) is 10.6. The van der Waals surface area contributed by atoms with Crippen LogP contribution in [0, 0.1) is 11.3 Å². The van der Waals surface area contributed by atoms with E-state index in [2.05, 4.69) is 44.5 Å². The van der Waals surface area contributed by atoms with Crippen molar-refractivity contribution in [3.8, 4) is 0 Å². The average Bonchev–Trinajstić information content (AvgIpc) is 3.60. The van der Waals surface area contributed by atoms with E-state index in [0.29, 0.717) is 44.6 Å². The predicted molar refractivity (Wildman–Crippen MR) is 180 cm³/mol. The van der Waals surface area contributed by atoms with Gasteiger partial charge in [-0.05, 0) is 55.6 Å². The number of benzene rings is 2. The molecule has 3 saturated heterocycles. The zero-order valence-electron chi connectivity index (χ0n) is 25.1. The zero-order valence-corrected chi connectivity index (χ0v) is 28.3. The van der Waals surface area contributed by atoms with E-state index in [1.54, 1.807) is 36.7 Å². The number of piperidine rings is 1. The lowest BCUT2D eigenvalue weighted by molar-refractivity contribution is -0.139. The number of halogens is 3. The van der Waals surface area contributed by atoms with E-state index < -0.39 is 15.3 Å². The number of rotatable bonds is 8. The maximum Gasteiger partial charge on any atom is 0.229 e. The Balaban J connectivity index is 0.00000184. The maximum absolute atomic E-state index is 14.1. The fourth-order valence-electron chi connectivity index (χ4n) is 7.12. The lowest BCUT2D eigenvalue weighted by Gasteiger charge is -2.43. The molecule has 1 amide bonds. The second-order valence-corrected chi connectivity index (χ2v) is 14.0. The largest absolute Gasteiger partial charge is 0.338 e. The summed E-state index contributed by atoms with van der Waals surface area (Å²) in [7, 11) is -3.26. The van der Waals surface area contributed by atoms with Crippen LogP contribution in [0.3, 0.4) is 0 Å². The zero-order chi connectivity index (χ0) is 29.3. The molecule has 13 heteroatoms. The van der Waals surface area contributed by atoms with Gasteiger partial charge >= 0.3 is 0 Å². The molecule has 0 bridgehead atoms. The number of amides is 1. The van der Waals surface area contributed by atoms with Crippen LogP contribution in [0.4, 0.5) is 0 Å². The van der Waals surface area contributed by atoms with E-state index in [0.717, 1.165) is 25.1 Å². The molecule has 0 saturated carbocycles. The fraction of sp³-hybridized carbons (Fsp3) is 0.438. The number of nitrogens with one attached hydrogen (secondary N) is 1. The molecule has 45 heavy (non-hydrogen) atoms. The van der Waals surface area contributed by atoms with Crippen molar-refractivity contribution in [1.29, 1.82) is 0 Å². The molecular weight excluding hydrogens is 657 g/mol. The van der Waals surface area contributed by atoms with Crippen molar-refractivity contribution in [1.82, 2.24) is 25.1 Å². The third-order valence-electron chi connectivity index (χ3n) is 9.48. The van der Waals surface area contributed by atoms with Gasteiger partial charge in [0.1, 0.15) is 6.33 Å². The monoisotopic (exact) mass is 695 g/mol. The molecular formula is C32H40Cl3N5O4S. The molecule has 3 aliphatic rings. The van der Waals surface area contributed by atoms with Crippen molar-refractivity contribution in [3.63, 3.8) is 0 Å². The Hall–Kier alpha value is -2.60. The second kappa shape index (κ2) is 15.3. The van der Waals surface area contributed by atoms with Gasteiger partial charge in [0.25, 0.3) is 0 Å². The summed E-state index contributed by atoms with van der Waals surface area (Å²) < 4.78 is 23.6. The van der Waals surface area contributed by atoms with Crippen LogP contribution >= 0.6 is 37.2 Å². The number of carbonyl (C=O) groups is 2. The minimum Gasteiger partial charge on any atom is -0.338 e. The van der Waals surface area contributed by atoms with Gasteiger partial charge in [0.2, 0.25) is 5.91 Å². The van der Waals surface area contributed by atoms with E-state index in [1.165, 1.54) is 18.1 Å². The molecule has 0 aliphatic carbocycles. The summed E-state index contributed by atoms with van der Waals surface area (Å²) in [6.07, 6.45) is 8.06. The molecule has 0 radical (unpaired) electrons. The Bertz CT molecular complexity index is 1540. The van der Waals surface area contributed by atoms with Gasteiger partial charge in [-0.15, -0.1) is 37.2 Å². The number of aromatic nitrogens is 2. The van der Waals surface area contributed by atoms with E-state index >= 15 is 0 Å². The normalized spacial score (nSPS) is 21.8. The highest BCUT2D eigenvalue weighted by atomic mass is 35.5. The van der Waals surface area contributed by atoms with Crippen LogP contribution in [-0.4, -0.2) is 84.9 Å². The molecule has 3 aromatic rings. The first-order valence-electron chi connectivity index (χ1n) is 14.6. The molecule has 1 N–H and O–H groups in total. The van der Waals surface area contributed by atoms with Crippen LogP contribution < -0.4 is 5.32 Å². The minimum atomic E-state index is -3.26. The summed E-state index contributed by atoms with van der Waals surface area (Å²) in [4.78, 5) is 40.5. The Morgan fingerprint density at radius 1 is 0.933 bits per heavy atom. The average molecular weight is 697 g/mol. The highest BCUT2D eigenvalue weighted by Gasteiger charge is 2.50. The summed E-state index contributed by atoms with van der Waals surface area (Å²) in [6.45, 7) is 4.06. The van der Waals surface area contributed by atoms with Crippen molar-refractivity contribution >= 4 is 58.7 Å². The Labute approximate surface area is 283 Å². The Morgan fingerprint density at radius 3 is 2.18 bits per heavy atom. The van der Waals surface area contributed by atoms with Crippen molar-refractivity contribution in [2.45, 2.75) is 42.7 Å². The molecule has 1 aromatic heterocycles. The van der Waals surface area contributed by atoms with Crippen LogP contribution in [-0.2, 0) is 21.2 Å². The first-order chi connectivity index (χ1) is 20.2. The van der Waals surface area contributed by atoms with Gasteiger partial charge in [-0.1, -0.05) is 42.5 Å². The summed E-state index contributed by atoms with van der Waals surface area (Å²) in [6, 6.07) is 16.9. The quantitative estimate of drug-likeness (QED) is 0.349. The van der Waals surface area contributed by atoms with Crippen LogP contribution in [0.15, 0.2) is 78.2 Å². The van der Waals surface area contributed by atoms with Gasteiger partial charge in [-0.25, -0.2) is 18.4 Å². The number of ketones is 1. The van der Waals surface area contributed by atoms with Gasteiger partial charge in [-0.2, -0.15) is 0 Å². The smallest absolute Gasteiger partial charge is 0.229 e. The fourth-order valence-corrected chi connectivity index (χ4v) is 7.75. The Morgan fingerprint density at radius 2 is 1.56 bits per heavy atom. The lowest BCUT2D eigenvalue weighted by atomic mass is 9.74. The number of Topliss-reactive ketones (excluding diaryl/α,β-unsaturated/α-hetero) is 1. The summed E-state index contributed by atoms with van der Waals surface area (Å²) in [5.41, 5.74) is 2.25. The van der Waals surface area contributed by atoms with Gasteiger partial charge in [-0.3, -0.25) is 14.5 Å². The van der Waals surface area contributed by atoms with Crippen LogP contribution in [0.2, 0.25) is 0 Å². The lowest BCUT2D eigenvalue weighted by Crippen LogP contribution is -2.54. The van der Waals surface area contributed by atoms with Crippen molar-refractivity contribution in [2.75, 3.05) is 39.0 Å². The number of carbonyl (C=O) groups excluding carboxylic acids is 2. The number of likely N-dealkylation sites (tertiary alicyclic amines) is 2. The second-order valence-electron chi connectivity index (χ2n) is 12.0. The number of hydrogen-bond acceptors (Lipinski definition) is 8. The van der Waals surface area contributed by atoms with E-state index in [9.17, 15) is 18.0 Å². The highest BCUT2D eigenvalue weighted by Crippen LogP contribution is 2.44. The molecule has 244 valence electrons. The van der Waals surface area contributed by atoms with Crippen molar-refractivity contribution in [3.05, 3.63) is 90.0 Å². The Kier molecular flexibility index (Phi) is 12.6. The number of hydrogen-bond donors (Lipinski definition) is 1. The van der Waals surface area contributed by atoms with Gasteiger partial charge < -0.3 is 10.2 Å². The maximum atomic E-state index is 14.1. The van der Waals surface area contributed by atoms with Crippen LogP contribution in [0.25, 0.3) is 0 Å². The standard InChI is InChI=1S/C32H37N5O4S.3ClH/c1-42(40,41)26-9-7-23(8-10-26)21-37-16-13-32(31(37)39)11-14-36(15-12-32)29(30(38)25-17-34-22-35-18-25)28-20-33-19-27(28)24-5-3-2-4-6-24;;;/h2-10,17-18,22,27-29,33H,11-16,19-21H2,1H3;3*1H/t27-,28-,29?;;;/m1.../s1. The van der Waals surface area contributed by atoms with Crippen LogP contribution in [0.1, 0.15) is 46.7 Å². The van der Waals surface area contributed by atoms with Gasteiger partial charge in [0.05, 0.1) is 21.9 Å². The molecule has 6 rings (SSSR count). The van der Waals surface area contributed by atoms with E-state index in [1.807, 2.05) is 11.0 Å². The molecule has 3 aliphatic heterocycles. The summed E-state index contributed by atoms with van der Waals surface area (Å²) in [5.74, 6) is 0.495. The highest BCUT2D eigenvalue weighted by molar-refractivity contribution is 7.90. The molecule has 2 aromatic carbocycles. The number of nitrogens with zero attached hydrogens (tertiary/aromatic N) is 4. The third kappa shape index (κ3) is 7.69. The summed E-state index contributed by atoms with van der Waals surface area (Å²) in [5, 5.41) is 3.54.